The second-order valence-electron chi connectivity index (χ2n) is 6.39. The molecule has 1 aliphatic rings. The highest BCUT2D eigenvalue weighted by molar-refractivity contribution is 5.77. The van der Waals surface area contributed by atoms with Gasteiger partial charge in [0.05, 0.1) is 0 Å². The summed E-state index contributed by atoms with van der Waals surface area (Å²) in [5.74, 6) is -0.230. The van der Waals surface area contributed by atoms with E-state index in [1.165, 1.54) is 25.7 Å². The Morgan fingerprint density at radius 2 is 1.74 bits per heavy atom. The lowest BCUT2D eigenvalue weighted by molar-refractivity contribution is -0.137. The van der Waals surface area contributed by atoms with Crippen LogP contribution in [0.3, 0.4) is 0 Å². The van der Waals surface area contributed by atoms with E-state index in [0.29, 0.717) is 18.8 Å². The largest absolute Gasteiger partial charge is 0.481 e. The van der Waals surface area contributed by atoms with Crippen molar-refractivity contribution in [1.82, 2.24) is 5.32 Å². The Morgan fingerprint density at radius 1 is 1.16 bits per heavy atom. The first-order valence-corrected chi connectivity index (χ1v) is 7.42. The Balaban J connectivity index is 2.34. The van der Waals surface area contributed by atoms with E-state index in [-0.39, 0.29) is 12.3 Å². The third-order valence-corrected chi connectivity index (χ3v) is 3.89. The number of carbonyl (C=O) groups excluding carboxylic acids is 1. The molecule has 0 atom stereocenters. The molecule has 0 radical (unpaired) electrons. The van der Waals surface area contributed by atoms with Crippen LogP contribution in [0.5, 0.6) is 0 Å². The minimum Gasteiger partial charge on any atom is -0.481 e. The van der Waals surface area contributed by atoms with Crippen molar-refractivity contribution in [3.63, 3.8) is 0 Å². The van der Waals surface area contributed by atoms with Gasteiger partial charge in [0.2, 0.25) is 5.91 Å². The summed E-state index contributed by atoms with van der Waals surface area (Å²) in [6, 6.07) is 0. The maximum Gasteiger partial charge on any atom is 0.303 e. The third kappa shape index (κ3) is 7.19. The SMILES string of the molecule is CC(C)(CCC(=O)O)NC(=O)CC1CCCCCC1. The van der Waals surface area contributed by atoms with Gasteiger partial charge < -0.3 is 10.4 Å². The van der Waals surface area contributed by atoms with E-state index in [1.54, 1.807) is 0 Å². The quantitative estimate of drug-likeness (QED) is 0.728. The van der Waals surface area contributed by atoms with Crippen LogP contribution in [0.1, 0.15) is 71.6 Å². The molecular formula is C15H27NO3. The van der Waals surface area contributed by atoms with Crippen molar-refractivity contribution in [2.45, 2.75) is 77.2 Å². The Kier molecular flexibility index (Phi) is 6.32. The molecule has 1 amide bonds. The van der Waals surface area contributed by atoms with Crippen LogP contribution in [0.15, 0.2) is 0 Å². The van der Waals surface area contributed by atoms with Crippen LogP contribution in [-0.2, 0) is 9.59 Å². The molecular weight excluding hydrogens is 242 g/mol. The molecule has 0 spiro atoms. The number of hydrogen-bond donors (Lipinski definition) is 2. The summed E-state index contributed by atoms with van der Waals surface area (Å²) < 4.78 is 0. The Labute approximate surface area is 116 Å². The third-order valence-electron chi connectivity index (χ3n) is 3.89. The molecule has 0 saturated heterocycles. The highest BCUT2D eigenvalue weighted by atomic mass is 16.4. The van der Waals surface area contributed by atoms with Crippen molar-refractivity contribution in [3.05, 3.63) is 0 Å². The molecule has 0 aliphatic heterocycles. The first-order valence-electron chi connectivity index (χ1n) is 7.42. The molecule has 0 heterocycles. The van der Waals surface area contributed by atoms with Crippen molar-refractivity contribution in [3.8, 4) is 0 Å². The van der Waals surface area contributed by atoms with Gasteiger partial charge in [0.25, 0.3) is 0 Å². The van der Waals surface area contributed by atoms with Gasteiger partial charge in [0, 0.05) is 18.4 Å². The van der Waals surface area contributed by atoms with Gasteiger partial charge in [-0.25, -0.2) is 0 Å². The van der Waals surface area contributed by atoms with Crippen molar-refractivity contribution in [1.29, 1.82) is 0 Å². The van der Waals surface area contributed by atoms with Gasteiger partial charge in [-0.1, -0.05) is 25.7 Å². The lowest BCUT2D eigenvalue weighted by Crippen LogP contribution is -2.44. The Bertz CT molecular complexity index is 305. The van der Waals surface area contributed by atoms with Crippen molar-refractivity contribution in [2.24, 2.45) is 5.92 Å². The number of nitrogens with one attached hydrogen (secondary N) is 1. The minimum atomic E-state index is -0.814. The molecule has 1 saturated carbocycles. The predicted molar refractivity (Wildman–Crippen MR) is 74.9 cm³/mol. The number of carboxylic acids is 1. The van der Waals surface area contributed by atoms with E-state index in [4.69, 9.17) is 5.11 Å². The number of rotatable bonds is 6. The highest BCUT2D eigenvalue weighted by Crippen LogP contribution is 2.25. The molecule has 19 heavy (non-hydrogen) atoms. The highest BCUT2D eigenvalue weighted by Gasteiger charge is 2.23. The maximum atomic E-state index is 12.0. The minimum absolute atomic E-state index is 0.0716. The van der Waals surface area contributed by atoms with Crippen molar-refractivity contribution < 1.29 is 14.7 Å². The lowest BCUT2D eigenvalue weighted by Gasteiger charge is -2.26. The molecule has 1 rings (SSSR count). The maximum absolute atomic E-state index is 12.0. The number of amides is 1. The zero-order chi connectivity index (χ0) is 14.3. The van der Waals surface area contributed by atoms with Crippen LogP contribution in [0.4, 0.5) is 0 Å². The second-order valence-corrected chi connectivity index (χ2v) is 6.39. The summed E-state index contributed by atoms with van der Waals surface area (Å²) in [5.41, 5.74) is -0.430. The van der Waals surface area contributed by atoms with Crippen molar-refractivity contribution in [2.75, 3.05) is 0 Å². The van der Waals surface area contributed by atoms with Gasteiger partial charge in [-0.15, -0.1) is 0 Å². The smallest absolute Gasteiger partial charge is 0.303 e. The van der Waals surface area contributed by atoms with Gasteiger partial charge in [-0.2, -0.15) is 0 Å². The van der Waals surface area contributed by atoms with E-state index < -0.39 is 11.5 Å². The van der Waals surface area contributed by atoms with Crippen LogP contribution in [-0.4, -0.2) is 22.5 Å². The van der Waals surface area contributed by atoms with E-state index in [9.17, 15) is 9.59 Å². The van der Waals surface area contributed by atoms with E-state index in [1.807, 2.05) is 13.8 Å². The molecule has 0 bridgehead atoms. The summed E-state index contributed by atoms with van der Waals surface area (Å²) in [6.07, 6.45) is 8.53. The molecule has 1 fully saturated rings. The number of hydrogen-bond acceptors (Lipinski definition) is 2. The first kappa shape index (κ1) is 16.0. The van der Waals surface area contributed by atoms with Crippen LogP contribution >= 0.6 is 0 Å². The zero-order valence-corrected chi connectivity index (χ0v) is 12.2. The first-order chi connectivity index (χ1) is 8.89. The van der Waals surface area contributed by atoms with Crippen LogP contribution in [0.2, 0.25) is 0 Å². The van der Waals surface area contributed by atoms with Gasteiger partial charge in [-0.3, -0.25) is 9.59 Å². The Morgan fingerprint density at radius 3 is 2.26 bits per heavy atom. The molecule has 4 nitrogen and oxygen atoms in total. The van der Waals surface area contributed by atoms with Crippen LogP contribution < -0.4 is 5.32 Å². The molecule has 4 heteroatoms. The van der Waals surface area contributed by atoms with E-state index in [0.717, 1.165) is 12.8 Å². The summed E-state index contributed by atoms with van der Waals surface area (Å²) in [4.78, 5) is 22.6. The Hall–Kier alpha value is -1.06. The normalized spacial score (nSPS) is 17.8. The van der Waals surface area contributed by atoms with Gasteiger partial charge in [0.1, 0.15) is 0 Å². The zero-order valence-electron chi connectivity index (χ0n) is 12.2. The molecule has 0 unspecified atom stereocenters. The molecule has 110 valence electrons. The molecule has 0 aromatic carbocycles. The van der Waals surface area contributed by atoms with Crippen molar-refractivity contribution >= 4 is 11.9 Å². The predicted octanol–water partition coefficient (Wildman–Crippen LogP) is 3.11. The summed E-state index contributed by atoms with van der Waals surface area (Å²) in [7, 11) is 0. The molecule has 1 aliphatic carbocycles. The van der Waals surface area contributed by atoms with Crippen LogP contribution in [0, 0.1) is 5.92 Å². The van der Waals surface area contributed by atoms with Gasteiger partial charge in [-0.05, 0) is 39.0 Å². The summed E-state index contributed by atoms with van der Waals surface area (Å²) in [5, 5.41) is 11.7. The number of aliphatic carboxylic acids is 1. The summed E-state index contributed by atoms with van der Waals surface area (Å²) >= 11 is 0. The molecule has 2 N–H and O–H groups in total. The van der Waals surface area contributed by atoms with Gasteiger partial charge in [0.15, 0.2) is 0 Å². The van der Waals surface area contributed by atoms with Crippen LogP contribution in [0.25, 0.3) is 0 Å². The fourth-order valence-electron chi connectivity index (χ4n) is 2.74. The van der Waals surface area contributed by atoms with E-state index in [2.05, 4.69) is 5.32 Å². The molecule has 0 aromatic rings. The average molecular weight is 269 g/mol. The number of carboxylic acid groups (broad SMARTS) is 1. The fourth-order valence-corrected chi connectivity index (χ4v) is 2.74. The summed E-state index contributed by atoms with van der Waals surface area (Å²) in [6.45, 7) is 3.78. The monoisotopic (exact) mass is 269 g/mol. The second kappa shape index (κ2) is 7.51. The van der Waals surface area contributed by atoms with E-state index >= 15 is 0 Å². The lowest BCUT2D eigenvalue weighted by atomic mass is 9.94. The fraction of sp³-hybridized carbons (Fsp3) is 0.867. The standard InChI is InChI=1S/C15H27NO3/c1-15(2,10-9-14(18)19)16-13(17)11-12-7-5-3-4-6-8-12/h12H,3-11H2,1-2H3,(H,16,17)(H,18,19). The average Bonchev–Trinajstić information content (AvgIpc) is 2.54. The molecule has 0 aromatic heterocycles. The topological polar surface area (TPSA) is 66.4 Å². The number of carbonyl (C=O) groups is 2. The van der Waals surface area contributed by atoms with Gasteiger partial charge >= 0.3 is 5.97 Å².